The van der Waals surface area contributed by atoms with Crippen molar-refractivity contribution in [1.29, 1.82) is 0 Å². The Kier molecular flexibility index (Phi) is 25.7. The van der Waals surface area contributed by atoms with Gasteiger partial charge in [-0.05, 0) is 83.7 Å². The summed E-state index contributed by atoms with van der Waals surface area (Å²) in [5.74, 6) is 0.560. The highest BCUT2D eigenvalue weighted by Crippen LogP contribution is 2.13. The van der Waals surface area contributed by atoms with Crippen LogP contribution in [0.5, 0.6) is 0 Å². The first-order chi connectivity index (χ1) is 21.7. The summed E-state index contributed by atoms with van der Waals surface area (Å²) in [4.78, 5) is 21.9. The second-order valence-electron chi connectivity index (χ2n) is 14.4. The van der Waals surface area contributed by atoms with E-state index in [1.807, 2.05) is 85.7 Å². The maximum Gasteiger partial charge on any atom is 0.494 e. The van der Waals surface area contributed by atoms with Gasteiger partial charge in [-0.3, -0.25) is 9.59 Å². The van der Waals surface area contributed by atoms with Crippen molar-refractivity contribution >= 4 is 36.7 Å². The fraction of sp³-hybridized carbons (Fsp3) is 0.641. The third kappa shape index (κ3) is 24.5. The summed E-state index contributed by atoms with van der Waals surface area (Å²) in [5, 5.41) is 0. The normalized spacial score (nSPS) is 11.0. The molecule has 0 atom stereocenters. The molecule has 0 saturated carbocycles. The Morgan fingerprint density at radius 2 is 0.723 bits per heavy atom. The summed E-state index contributed by atoms with van der Waals surface area (Å²) in [6, 6.07) is 18.5. The molecular formula is C39H68B2O6. The number of Topliss-reactive ketones (excluding diaryl/α,β-unsaturated/α-hetero) is 2. The van der Waals surface area contributed by atoms with E-state index in [9.17, 15) is 9.59 Å². The molecule has 6 nitrogen and oxygen atoms in total. The highest BCUT2D eigenvalue weighted by molar-refractivity contribution is 6.61. The van der Waals surface area contributed by atoms with E-state index in [4.69, 9.17) is 18.6 Å². The molecule has 0 aliphatic heterocycles. The molecule has 2 aromatic carbocycles. The van der Waals surface area contributed by atoms with E-state index in [0.29, 0.717) is 5.92 Å². The van der Waals surface area contributed by atoms with E-state index in [1.54, 1.807) is 27.7 Å². The Bertz CT molecular complexity index is 1020. The zero-order chi connectivity index (χ0) is 36.9. The zero-order valence-electron chi connectivity index (χ0n) is 32.9. The summed E-state index contributed by atoms with van der Waals surface area (Å²) < 4.78 is 23.1. The second-order valence-corrected chi connectivity index (χ2v) is 14.4. The minimum Gasteiger partial charge on any atom is -0.405 e. The Balaban J connectivity index is 0. The first-order valence-corrected chi connectivity index (χ1v) is 17.5. The second kappa shape index (κ2) is 25.7. The Morgan fingerprint density at radius 3 is 0.957 bits per heavy atom. The van der Waals surface area contributed by atoms with Gasteiger partial charge in [0.25, 0.3) is 0 Å². The molecule has 0 aromatic heterocycles. The molecule has 0 aliphatic carbocycles. The molecule has 8 heteroatoms. The van der Waals surface area contributed by atoms with Gasteiger partial charge < -0.3 is 18.6 Å². The van der Waals surface area contributed by atoms with Crippen LogP contribution in [0.2, 0.25) is 0 Å². The third-order valence-corrected chi connectivity index (χ3v) is 5.82. The van der Waals surface area contributed by atoms with Crippen LogP contribution < -0.4 is 10.9 Å². The first-order valence-electron chi connectivity index (χ1n) is 17.5. The van der Waals surface area contributed by atoms with Crippen molar-refractivity contribution in [2.24, 2.45) is 17.8 Å². The van der Waals surface area contributed by atoms with E-state index >= 15 is 0 Å². The molecule has 2 rings (SSSR count). The minimum absolute atomic E-state index is 0.151. The van der Waals surface area contributed by atoms with Gasteiger partial charge in [0.05, 0.1) is 0 Å². The SMILES string of the molecule is CC(C)C.CC(C)C(=O)C(=O)C(C)C.CC(C)OB(OC(C)C)c1ccc(C(C)C)cc1.CC(C)OB(OC(C)C)c1ccccc1. The molecule has 2 aromatic rings. The lowest BCUT2D eigenvalue weighted by atomic mass is 9.77. The molecule has 0 aliphatic rings. The average molecular weight is 655 g/mol. The number of carbonyl (C=O) groups is 2. The quantitative estimate of drug-likeness (QED) is 0.150. The number of rotatable bonds is 14. The summed E-state index contributed by atoms with van der Waals surface area (Å²) in [6.45, 7) is 34.0. The smallest absolute Gasteiger partial charge is 0.405 e. The predicted molar refractivity (Wildman–Crippen MR) is 203 cm³/mol. The number of hydrogen-bond acceptors (Lipinski definition) is 6. The van der Waals surface area contributed by atoms with Crippen LogP contribution in [0.4, 0.5) is 0 Å². The minimum atomic E-state index is -0.272. The summed E-state index contributed by atoms with van der Waals surface area (Å²) in [5.41, 5.74) is 3.49. The van der Waals surface area contributed by atoms with Crippen LogP contribution in [0, 0.1) is 17.8 Å². The van der Waals surface area contributed by atoms with Crippen LogP contribution in [0.25, 0.3) is 0 Å². The molecule has 47 heavy (non-hydrogen) atoms. The molecule has 0 unspecified atom stereocenters. The molecule has 0 saturated heterocycles. The van der Waals surface area contributed by atoms with Crippen LogP contribution in [0.15, 0.2) is 54.6 Å². The molecule has 0 spiro atoms. The number of ketones is 2. The standard InChI is InChI=1S/C15H25BO2.C12H19BO2.C8H14O2.C4H10/c1-11(2)14-7-9-15(10-8-14)16(17-12(3)4)18-13(5)6;1-10(2)14-13(15-11(3)4)12-8-6-5-7-9-12;1-5(2)7(9)8(10)6(3)4;1-4(2)3/h7-13H,1-6H3;5-11H,1-4H3;5-6H,1-4H3;4H,1-3H3. The number of benzene rings is 2. The Hall–Kier alpha value is -2.25. The van der Waals surface area contributed by atoms with Crippen molar-refractivity contribution in [3.05, 3.63) is 60.2 Å². The lowest BCUT2D eigenvalue weighted by Crippen LogP contribution is -2.40. The monoisotopic (exact) mass is 655 g/mol. The van der Waals surface area contributed by atoms with Crippen molar-refractivity contribution in [3.63, 3.8) is 0 Å². The molecule has 0 fully saturated rings. The Labute approximate surface area is 290 Å². The van der Waals surface area contributed by atoms with E-state index in [-0.39, 0.29) is 62.1 Å². The summed E-state index contributed by atoms with van der Waals surface area (Å²) >= 11 is 0. The summed E-state index contributed by atoms with van der Waals surface area (Å²) in [6.07, 6.45) is 0.625. The van der Waals surface area contributed by atoms with Crippen LogP contribution in [-0.2, 0) is 28.2 Å². The van der Waals surface area contributed by atoms with Gasteiger partial charge in [-0.1, -0.05) is 117 Å². The van der Waals surface area contributed by atoms with Crippen molar-refractivity contribution in [1.82, 2.24) is 0 Å². The van der Waals surface area contributed by atoms with Crippen LogP contribution >= 0.6 is 0 Å². The fourth-order valence-corrected chi connectivity index (χ4v) is 3.58. The molecule has 0 amide bonds. The Morgan fingerprint density at radius 1 is 0.447 bits per heavy atom. The van der Waals surface area contributed by atoms with Crippen molar-refractivity contribution in [2.45, 2.75) is 148 Å². The van der Waals surface area contributed by atoms with Gasteiger partial charge >= 0.3 is 14.2 Å². The first kappa shape index (κ1) is 46.9. The summed E-state index contributed by atoms with van der Waals surface area (Å²) in [7, 11) is -0.530. The lowest BCUT2D eigenvalue weighted by Gasteiger charge is -2.20. The van der Waals surface area contributed by atoms with Gasteiger partial charge in [0.15, 0.2) is 0 Å². The van der Waals surface area contributed by atoms with Crippen LogP contribution in [0.3, 0.4) is 0 Å². The number of carbonyl (C=O) groups excluding carboxylic acids is 2. The maximum absolute atomic E-state index is 10.9. The van der Waals surface area contributed by atoms with Crippen molar-refractivity contribution in [3.8, 4) is 0 Å². The van der Waals surface area contributed by atoms with Crippen LogP contribution in [0.1, 0.15) is 129 Å². The van der Waals surface area contributed by atoms with E-state index in [1.165, 1.54) is 5.56 Å². The van der Waals surface area contributed by atoms with Crippen molar-refractivity contribution < 1.29 is 28.2 Å². The highest BCUT2D eigenvalue weighted by Gasteiger charge is 2.25. The topological polar surface area (TPSA) is 71.1 Å². The van der Waals surface area contributed by atoms with Crippen LogP contribution in [-0.4, -0.2) is 50.2 Å². The molecule has 0 heterocycles. The lowest BCUT2D eigenvalue weighted by molar-refractivity contribution is -0.140. The highest BCUT2D eigenvalue weighted by atomic mass is 16.6. The molecule has 0 bridgehead atoms. The van der Waals surface area contributed by atoms with E-state index in [2.05, 4.69) is 58.9 Å². The maximum atomic E-state index is 10.9. The number of hydrogen-bond donors (Lipinski definition) is 0. The third-order valence-electron chi connectivity index (χ3n) is 5.82. The molecule has 266 valence electrons. The molecule has 0 radical (unpaired) electrons. The fourth-order valence-electron chi connectivity index (χ4n) is 3.58. The molecule has 0 N–H and O–H groups in total. The van der Waals surface area contributed by atoms with E-state index < -0.39 is 0 Å². The van der Waals surface area contributed by atoms with Gasteiger partial charge in [-0.25, -0.2) is 0 Å². The zero-order valence-corrected chi connectivity index (χ0v) is 32.9. The largest absolute Gasteiger partial charge is 0.494 e. The molecular weight excluding hydrogens is 586 g/mol. The average Bonchev–Trinajstić information content (AvgIpc) is 2.95. The van der Waals surface area contributed by atoms with Gasteiger partial charge in [-0.2, -0.15) is 0 Å². The van der Waals surface area contributed by atoms with Gasteiger partial charge in [0.2, 0.25) is 11.6 Å². The van der Waals surface area contributed by atoms with Crippen molar-refractivity contribution in [2.75, 3.05) is 0 Å². The van der Waals surface area contributed by atoms with Gasteiger partial charge in [0.1, 0.15) is 0 Å². The predicted octanol–water partition coefficient (Wildman–Crippen LogP) is 8.69. The van der Waals surface area contributed by atoms with Gasteiger partial charge in [0, 0.05) is 36.3 Å². The van der Waals surface area contributed by atoms with Gasteiger partial charge in [-0.15, -0.1) is 0 Å². The van der Waals surface area contributed by atoms with E-state index in [0.717, 1.165) is 16.8 Å².